The first-order valence-corrected chi connectivity index (χ1v) is 7.38. The number of aliphatic carboxylic acids is 1. The van der Waals surface area contributed by atoms with Gasteiger partial charge in [-0.3, -0.25) is 4.79 Å². The maximum Gasteiger partial charge on any atom is 0.309 e. The molecule has 1 N–H and O–H groups in total. The van der Waals surface area contributed by atoms with Gasteiger partial charge in [0.2, 0.25) is 0 Å². The molecule has 3 nitrogen and oxygen atoms in total. The lowest BCUT2D eigenvalue weighted by Gasteiger charge is -1.97. The number of hydrogen-bond donors (Lipinski definition) is 1. The number of carboxylic acid groups (broad SMARTS) is 1. The van der Waals surface area contributed by atoms with Gasteiger partial charge in [-0.2, -0.15) is 0 Å². The van der Waals surface area contributed by atoms with Gasteiger partial charge in [0.15, 0.2) is 0 Å². The molecule has 0 spiro atoms. The summed E-state index contributed by atoms with van der Waals surface area (Å²) in [5, 5.41) is 10.4. The highest BCUT2D eigenvalue weighted by molar-refractivity contribution is 8.00. The average Bonchev–Trinajstić information content (AvgIpc) is 2.64. The minimum absolute atomic E-state index is 0.0346. The fraction of sp³-hybridized carbons (Fsp3) is 0.636. The van der Waals surface area contributed by atoms with E-state index in [-0.39, 0.29) is 6.42 Å². The van der Waals surface area contributed by atoms with Crippen LogP contribution in [0.4, 0.5) is 0 Å². The van der Waals surface area contributed by atoms with Crippen molar-refractivity contribution in [3.63, 3.8) is 0 Å². The van der Waals surface area contributed by atoms with Crippen LogP contribution in [0.5, 0.6) is 0 Å². The Morgan fingerprint density at radius 1 is 1.50 bits per heavy atom. The summed E-state index contributed by atoms with van der Waals surface area (Å²) in [5.41, 5.74) is 0.675. The van der Waals surface area contributed by atoms with E-state index in [2.05, 4.69) is 11.9 Å². The van der Waals surface area contributed by atoms with Crippen LogP contribution in [0.25, 0.3) is 0 Å². The largest absolute Gasteiger partial charge is 0.481 e. The Morgan fingerprint density at radius 3 is 3.00 bits per heavy atom. The molecule has 1 rings (SSSR count). The van der Waals surface area contributed by atoms with Gasteiger partial charge in [0.1, 0.15) is 4.34 Å². The van der Waals surface area contributed by atoms with Crippen molar-refractivity contribution in [1.82, 2.24) is 4.98 Å². The third kappa shape index (κ3) is 5.51. The van der Waals surface area contributed by atoms with Crippen LogP contribution in [0.2, 0.25) is 0 Å². The second kappa shape index (κ2) is 7.68. The number of rotatable bonds is 8. The highest BCUT2D eigenvalue weighted by Gasteiger charge is 2.06. The standard InChI is InChI=1S/C11H17NO2S2/c1-2-3-4-5-6-15-11-12-9(8-16-11)7-10(13)14/h8H,2-7H2,1H3,(H,13,14). The highest BCUT2D eigenvalue weighted by atomic mass is 32.2. The molecule has 0 aliphatic carbocycles. The van der Waals surface area contributed by atoms with Crippen LogP contribution in [0.15, 0.2) is 9.72 Å². The number of hydrogen-bond acceptors (Lipinski definition) is 4. The normalized spacial score (nSPS) is 10.6. The lowest BCUT2D eigenvalue weighted by Crippen LogP contribution is -1.99. The van der Waals surface area contributed by atoms with Crippen LogP contribution in [0.1, 0.15) is 38.3 Å². The second-order valence-corrected chi connectivity index (χ2v) is 5.78. The monoisotopic (exact) mass is 259 g/mol. The van der Waals surface area contributed by atoms with Crippen molar-refractivity contribution >= 4 is 29.1 Å². The molecule has 1 aromatic heterocycles. The van der Waals surface area contributed by atoms with Crippen LogP contribution in [0.3, 0.4) is 0 Å². The summed E-state index contributed by atoms with van der Waals surface area (Å²) in [5.74, 6) is 0.268. The van der Waals surface area contributed by atoms with Gasteiger partial charge in [0, 0.05) is 11.1 Å². The lowest BCUT2D eigenvalue weighted by atomic mass is 10.2. The molecule has 0 unspecified atom stereocenters. The van der Waals surface area contributed by atoms with Crippen molar-refractivity contribution in [3.05, 3.63) is 11.1 Å². The van der Waals surface area contributed by atoms with E-state index in [1.807, 2.05) is 5.38 Å². The zero-order valence-electron chi connectivity index (χ0n) is 9.44. The molecule has 0 bridgehead atoms. The van der Waals surface area contributed by atoms with E-state index in [4.69, 9.17) is 5.11 Å². The summed E-state index contributed by atoms with van der Waals surface area (Å²) >= 11 is 3.28. The first-order chi connectivity index (χ1) is 7.72. The maximum absolute atomic E-state index is 10.5. The van der Waals surface area contributed by atoms with Crippen LogP contribution in [0, 0.1) is 0 Å². The Balaban J connectivity index is 2.21. The number of thiazole rings is 1. The molecule has 16 heavy (non-hydrogen) atoms. The van der Waals surface area contributed by atoms with Crippen molar-refractivity contribution in [3.8, 4) is 0 Å². The Labute approximate surface area is 104 Å². The van der Waals surface area contributed by atoms with Crippen LogP contribution < -0.4 is 0 Å². The van der Waals surface area contributed by atoms with Gasteiger partial charge in [-0.15, -0.1) is 11.3 Å². The third-order valence-corrected chi connectivity index (χ3v) is 4.24. The summed E-state index contributed by atoms with van der Waals surface area (Å²) in [6.45, 7) is 2.20. The van der Waals surface area contributed by atoms with Gasteiger partial charge in [0.25, 0.3) is 0 Å². The molecule has 1 aromatic rings. The van der Waals surface area contributed by atoms with Crippen molar-refractivity contribution < 1.29 is 9.90 Å². The topological polar surface area (TPSA) is 50.2 Å². The predicted octanol–water partition coefficient (Wildman–Crippen LogP) is 3.44. The number of thioether (sulfide) groups is 1. The molecule has 0 radical (unpaired) electrons. The molecule has 0 aromatic carbocycles. The Bertz CT molecular complexity index is 326. The number of unbranched alkanes of at least 4 members (excludes halogenated alkanes) is 3. The highest BCUT2D eigenvalue weighted by Crippen LogP contribution is 2.24. The number of nitrogens with zero attached hydrogens (tertiary/aromatic N) is 1. The molecule has 5 heteroatoms. The van der Waals surface area contributed by atoms with Crippen molar-refractivity contribution in [2.45, 2.75) is 43.4 Å². The van der Waals surface area contributed by atoms with Crippen LogP contribution >= 0.6 is 23.1 Å². The number of aromatic nitrogens is 1. The van der Waals surface area contributed by atoms with Gasteiger partial charge in [0.05, 0.1) is 12.1 Å². The van der Waals surface area contributed by atoms with Crippen molar-refractivity contribution in [2.24, 2.45) is 0 Å². The van der Waals surface area contributed by atoms with E-state index < -0.39 is 5.97 Å². The van der Waals surface area contributed by atoms with Crippen LogP contribution in [-0.2, 0) is 11.2 Å². The number of carboxylic acids is 1. The van der Waals surface area contributed by atoms with E-state index in [0.29, 0.717) is 5.69 Å². The molecule has 0 fully saturated rings. The van der Waals surface area contributed by atoms with Gasteiger partial charge < -0.3 is 5.11 Å². The Hall–Kier alpha value is -0.550. The van der Waals surface area contributed by atoms with E-state index in [0.717, 1.165) is 10.1 Å². The molecule has 90 valence electrons. The minimum Gasteiger partial charge on any atom is -0.481 e. The zero-order valence-corrected chi connectivity index (χ0v) is 11.1. The molecule has 1 heterocycles. The third-order valence-electron chi connectivity index (χ3n) is 2.09. The molecule has 0 aliphatic rings. The Morgan fingerprint density at radius 2 is 2.31 bits per heavy atom. The van der Waals surface area contributed by atoms with Crippen molar-refractivity contribution in [2.75, 3.05) is 5.75 Å². The molecule has 0 amide bonds. The summed E-state index contributed by atoms with van der Waals surface area (Å²) in [6, 6.07) is 0. The molecule has 0 saturated heterocycles. The van der Waals surface area contributed by atoms with E-state index >= 15 is 0 Å². The van der Waals surface area contributed by atoms with Gasteiger partial charge in [-0.1, -0.05) is 37.9 Å². The second-order valence-electron chi connectivity index (χ2n) is 3.58. The van der Waals surface area contributed by atoms with E-state index in [1.165, 1.54) is 25.7 Å². The predicted molar refractivity (Wildman–Crippen MR) is 68.3 cm³/mol. The quantitative estimate of drug-likeness (QED) is 0.574. The SMILES string of the molecule is CCCCCCSc1nc(CC(=O)O)cs1. The summed E-state index contributed by atoms with van der Waals surface area (Å²) in [6.07, 6.45) is 5.07. The molecular formula is C11H17NO2S2. The summed E-state index contributed by atoms with van der Waals surface area (Å²) in [7, 11) is 0. The fourth-order valence-electron chi connectivity index (χ4n) is 1.28. The number of carbonyl (C=O) groups is 1. The summed E-state index contributed by atoms with van der Waals surface area (Å²) < 4.78 is 0.993. The fourth-order valence-corrected chi connectivity index (χ4v) is 3.19. The molecule has 0 atom stereocenters. The zero-order chi connectivity index (χ0) is 11.8. The first-order valence-electron chi connectivity index (χ1n) is 5.51. The smallest absolute Gasteiger partial charge is 0.309 e. The van der Waals surface area contributed by atoms with Crippen molar-refractivity contribution in [1.29, 1.82) is 0 Å². The van der Waals surface area contributed by atoms with E-state index in [1.54, 1.807) is 23.1 Å². The van der Waals surface area contributed by atoms with Gasteiger partial charge in [-0.05, 0) is 6.42 Å². The molecular weight excluding hydrogens is 242 g/mol. The average molecular weight is 259 g/mol. The van der Waals surface area contributed by atoms with E-state index in [9.17, 15) is 4.79 Å². The summed E-state index contributed by atoms with van der Waals surface area (Å²) in [4.78, 5) is 14.7. The maximum atomic E-state index is 10.5. The van der Waals surface area contributed by atoms with Gasteiger partial charge >= 0.3 is 5.97 Å². The Kier molecular flexibility index (Phi) is 6.49. The molecule has 0 saturated carbocycles. The van der Waals surface area contributed by atoms with Crippen LogP contribution in [-0.4, -0.2) is 21.8 Å². The molecule has 0 aliphatic heterocycles. The lowest BCUT2D eigenvalue weighted by molar-refractivity contribution is -0.136. The van der Waals surface area contributed by atoms with Gasteiger partial charge in [-0.25, -0.2) is 4.98 Å². The minimum atomic E-state index is -0.815. The first kappa shape index (κ1) is 13.5.